The van der Waals surface area contributed by atoms with Crippen molar-refractivity contribution in [3.05, 3.63) is 0 Å². The van der Waals surface area contributed by atoms with Gasteiger partial charge in [0.25, 0.3) is 0 Å². The van der Waals surface area contributed by atoms with Crippen LogP contribution in [0.3, 0.4) is 0 Å². The molecular formula is C11H22N2O3. The van der Waals surface area contributed by atoms with E-state index < -0.39 is 0 Å². The Kier molecular flexibility index (Phi) is 5.73. The van der Waals surface area contributed by atoms with Crippen molar-refractivity contribution in [2.45, 2.75) is 44.4 Å². The lowest BCUT2D eigenvalue weighted by Gasteiger charge is -2.28. The van der Waals surface area contributed by atoms with E-state index in [-0.39, 0.29) is 24.2 Å². The molecule has 5 nitrogen and oxygen atoms in total. The maximum Gasteiger partial charge on any atom is 0.222 e. The molecule has 1 fully saturated rings. The molecule has 1 rings (SSSR count). The third kappa shape index (κ3) is 4.47. The number of nitrogens with one attached hydrogen (secondary N) is 1. The quantitative estimate of drug-likeness (QED) is 0.699. The second kappa shape index (κ2) is 6.83. The summed E-state index contributed by atoms with van der Waals surface area (Å²) in [6.45, 7) is 3.11. The van der Waals surface area contributed by atoms with Gasteiger partial charge in [0.05, 0.1) is 18.6 Å². The van der Waals surface area contributed by atoms with Crippen LogP contribution in [0, 0.1) is 0 Å². The van der Waals surface area contributed by atoms with E-state index in [9.17, 15) is 4.79 Å². The van der Waals surface area contributed by atoms with E-state index >= 15 is 0 Å². The van der Waals surface area contributed by atoms with Gasteiger partial charge in [0.1, 0.15) is 0 Å². The Morgan fingerprint density at radius 3 is 3.00 bits per heavy atom. The topological polar surface area (TPSA) is 73.6 Å². The molecular weight excluding hydrogens is 208 g/mol. The summed E-state index contributed by atoms with van der Waals surface area (Å²) in [5.74, 6) is 0.0106. The van der Waals surface area contributed by atoms with Crippen LogP contribution in [-0.2, 0) is 14.3 Å². The van der Waals surface area contributed by atoms with Crippen molar-refractivity contribution < 1.29 is 14.3 Å². The molecule has 0 saturated carbocycles. The second-order valence-corrected chi connectivity index (χ2v) is 4.27. The Labute approximate surface area is 96.7 Å². The number of nitrogens with two attached hydrogens (primary N) is 1. The molecule has 3 atom stereocenters. The Bertz CT molecular complexity index is 219. The first-order valence-electron chi connectivity index (χ1n) is 5.79. The summed E-state index contributed by atoms with van der Waals surface area (Å²) in [5, 5.41) is 2.99. The van der Waals surface area contributed by atoms with E-state index in [4.69, 9.17) is 15.2 Å². The molecule has 0 aromatic rings. The summed E-state index contributed by atoms with van der Waals surface area (Å²) in [7, 11) is 1.57. The van der Waals surface area contributed by atoms with Crippen molar-refractivity contribution in [3.8, 4) is 0 Å². The zero-order valence-electron chi connectivity index (χ0n) is 10.1. The predicted molar refractivity (Wildman–Crippen MR) is 61.0 cm³/mol. The molecule has 1 aliphatic heterocycles. The van der Waals surface area contributed by atoms with E-state index in [1.165, 1.54) is 0 Å². The monoisotopic (exact) mass is 230 g/mol. The molecule has 3 N–H and O–H groups in total. The first-order valence-corrected chi connectivity index (χ1v) is 5.79. The maximum atomic E-state index is 11.7. The molecule has 0 spiro atoms. The van der Waals surface area contributed by atoms with Gasteiger partial charge < -0.3 is 20.5 Å². The van der Waals surface area contributed by atoms with Crippen molar-refractivity contribution in [3.63, 3.8) is 0 Å². The highest BCUT2D eigenvalue weighted by Crippen LogP contribution is 2.13. The molecule has 1 heterocycles. The van der Waals surface area contributed by atoms with Crippen molar-refractivity contribution in [2.75, 3.05) is 20.3 Å². The van der Waals surface area contributed by atoms with Crippen LogP contribution < -0.4 is 11.1 Å². The Morgan fingerprint density at radius 2 is 2.44 bits per heavy atom. The number of rotatable bonds is 5. The largest absolute Gasteiger partial charge is 0.380 e. The fourth-order valence-electron chi connectivity index (χ4n) is 1.89. The lowest BCUT2D eigenvalue weighted by atomic mass is 10.0. The molecule has 0 radical (unpaired) electrons. The van der Waals surface area contributed by atoms with Crippen LogP contribution in [-0.4, -0.2) is 44.4 Å². The smallest absolute Gasteiger partial charge is 0.222 e. The predicted octanol–water partition coefficient (Wildman–Crippen LogP) is 0.0339. The van der Waals surface area contributed by atoms with Crippen LogP contribution in [0.4, 0.5) is 0 Å². The number of ether oxygens (including phenoxy) is 2. The van der Waals surface area contributed by atoms with Crippen molar-refractivity contribution in [1.29, 1.82) is 0 Å². The van der Waals surface area contributed by atoms with Crippen LogP contribution in [0.15, 0.2) is 0 Å². The van der Waals surface area contributed by atoms with E-state index in [2.05, 4.69) is 5.32 Å². The SMILES string of the molecule is COC(CN)CC(=O)NC1CCOC(C)C1. The zero-order valence-corrected chi connectivity index (χ0v) is 10.1. The van der Waals surface area contributed by atoms with Crippen LogP contribution >= 0.6 is 0 Å². The summed E-state index contributed by atoms with van der Waals surface area (Å²) in [5.41, 5.74) is 5.46. The zero-order chi connectivity index (χ0) is 12.0. The molecule has 5 heteroatoms. The maximum absolute atomic E-state index is 11.7. The van der Waals surface area contributed by atoms with Gasteiger partial charge in [-0.25, -0.2) is 0 Å². The Morgan fingerprint density at radius 1 is 1.69 bits per heavy atom. The minimum absolute atomic E-state index is 0.0106. The fraction of sp³-hybridized carbons (Fsp3) is 0.909. The highest BCUT2D eigenvalue weighted by atomic mass is 16.5. The Hall–Kier alpha value is -0.650. The minimum Gasteiger partial charge on any atom is -0.380 e. The lowest BCUT2D eigenvalue weighted by molar-refractivity contribution is -0.125. The number of methoxy groups -OCH3 is 1. The summed E-state index contributed by atoms with van der Waals surface area (Å²) >= 11 is 0. The van der Waals surface area contributed by atoms with Gasteiger partial charge in [-0.05, 0) is 19.8 Å². The first kappa shape index (κ1) is 13.4. The van der Waals surface area contributed by atoms with Gasteiger partial charge in [-0.2, -0.15) is 0 Å². The summed E-state index contributed by atoms with van der Waals surface area (Å²) in [6, 6.07) is 0.228. The molecule has 0 aromatic carbocycles. The normalized spacial score (nSPS) is 27.4. The molecule has 1 aliphatic rings. The number of amides is 1. The molecule has 0 bridgehead atoms. The summed E-state index contributed by atoms with van der Waals surface area (Å²) < 4.78 is 10.5. The van der Waals surface area contributed by atoms with Crippen LogP contribution in [0.2, 0.25) is 0 Å². The van der Waals surface area contributed by atoms with Gasteiger partial charge in [0.2, 0.25) is 5.91 Å². The first-order chi connectivity index (χ1) is 7.65. The van der Waals surface area contributed by atoms with Gasteiger partial charge >= 0.3 is 0 Å². The van der Waals surface area contributed by atoms with Crippen molar-refractivity contribution in [2.24, 2.45) is 5.73 Å². The minimum atomic E-state index is -0.183. The Balaban J connectivity index is 2.27. The van der Waals surface area contributed by atoms with Gasteiger partial charge in [0.15, 0.2) is 0 Å². The molecule has 3 unspecified atom stereocenters. The molecule has 94 valence electrons. The van der Waals surface area contributed by atoms with Gasteiger partial charge in [-0.3, -0.25) is 4.79 Å². The van der Waals surface area contributed by atoms with Crippen LogP contribution in [0.25, 0.3) is 0 Å². The van der Waals surface area contributed by atoms with Crippen molar-refractivity contribution >= 4 is 5.91 Å². The van der Waals surface area contributed by atoms with Crippen molar-refractivity contribution in [1.82, 2.24) is 5.32 Å². The van der Waals surface area contributed by atoms with E-state index in [1.54, 1.807) is 7.11 Å². The fourth-order valence-corrected chi connectivity index (χ4v) is 1.89. The van der Waals surface area contributed by atoms with Gasteiger partial charge in [0, 0.05) is 26.3 Å². The highest BCUT2D eigenvalue weighted by molar-refractivity contribution is 5.76. The number of carbonyl (C=O) groups excluding carboxylic acids is 1. The third-order valence-electron chi connectivity index (χ3n) is 2.86. The van der Waals surface area contributed by atoms with Crippen LogP contribution in [0.1, 0.15) is 26.2 Å². The highest BCUT2D eigenvalue weighted by Gasteiger charge is 2.21. The molecule has 1 amide bonds. The summed E-state index contributed by atoms with van der Waals surface area (Å²) in [6.07, 6.45) is 2.14. The molecule has 0 aromatic heterocycles. The third-order valence-corrected chi connectivity index (χ3v) is 2.86. The number of carbonyl (C=O) groups is 1. The number of hydrogen-bond donors (Lipinski definition) is 2. The molecule has 16 heavy (non-hydrogen) atoms. The molecule has 0 aliphatic carbocycles. The van der Waals surface area contributed by atoms with Gasteiger partial charge in [-0.1, -0.05) is 0 Å². The number of hydrogen-bond acceptors (Lipinski definition) is 4. The van der Waals surface area contributed by atoms with Crippen LogP contribution in [0.5, 0.6) is 0 Å². The average molecular weight is 230 g/mol. The average Bonchev–Trinajstić information content (AvgIpc) is 2.26. The second-order valence-electron chi connectivity index (χ2n) is 4.27. The standard InChI is InChI=1S/C11H22N2O3/c1-8-5-9(3-4-16-8)13-11(14)6-10(7-12)15-2/h8-10H,3-7,12H2,1-2H3,(H,13,14). The van der Waals surface area contributed by atoms with E-state index in [0.29, 0.717) is 13.0 Å². The molecule has 1 saturated heterocycles. The van der Waals surface area contributed by atoms with Gasteiger partial charge in [-0.15, -0.1) is 0 Å². The lowest BCUT2D eigenvalue weighted by Crippen LogP contribution is -2.43. The van der Waals surface area contributed by atoms with E-state index in [0.717, 1.165) is 19.4 Å². The summed E-state index contributed by atoms with van der Waals surface area (Å²) in [4.78, 5) is 11.7. The van der Waals surface area contributed by atoms with E-state index in [1.807, 2.05) is 6.92 Å².